The lowest BCUT2D eigenvalue weighted by Gasteiger charge is -2.05. The molecule has 2 rings (SSSR count). The molecule has 2 N–H and O–H groups in total. The number of carbonyl (C=O) groups excluding carboxylic acids is 2. The molecule has 23 heavy (non-hydrogen) atoms. The molecule has 6 heteroatoms. The van der Waals surface area contributed by atoms with Crippen LogP contribution in [-0.2, 0) is 4.79 Å². The second-order valence-corrected chi connectivity index (χ2v) is 5.80. The highest BCUT2D eigenvalue weighted by atomic mass is 79.9. The SMILES string of the molecule is C/C(CC(=O)Nc1ccc(Br)cc1)=N\NC(=O)c1ccccc1. The Hall–Kier alpha value is -2.47. The molecular formula is C17H16BrN3O2. The van der Waals surface area contributed by atoms with E-state index in [2.05, 4.69) is 31.8 Å². The van der Waals surface area contributed by atoms with Gasteiger partial charge in [0, 0.05) is 21.4 Å². The van der Waals surface area contributed by atoms with Crippen molar-refractivity contribution in [1.82, 2.24) is 5.43 Å². The molecule has 0 aromatic heterocycles. The molecule has 0 aliphatic heterocycles. The third-order valence-electron chi connectivity index (χ3n) is 2.93. The van der Waals surface area contributed by atoms with Crippen molar-refractivity contribution in [3.05, 3.63) is 64.6 Å². The average molecular weight is 374 g/mol. The summed E-state index contributed by atoms with van der Waals surface area (Å²) in [5.74, 6) is -0.499. The minimum atomic E-state index is -0.307. The topological polar surface area (TPSA) is 70.6 Å². The first kappa shape index (κ1) is 16.9. The van der Waals surface area contributed by atoms with Crippen LogP contribution < -0.4 is 10.7 Å². The van der Waals surface area contributed by atoms with Crippen LogP contribution in [0.5, 0.6) is 0 Å². The van der Waals surface area contributed by atoms with E-state index in [1.807, 2.05) is 18.2 Å². The number of anilines is 1. The van der Waals surface area contributed by atoms with E-state index in [-0.39, 0.29) is 18.2 Å². The van der Waals surface area contributed by atoms with Crippen molar-refractivity contribution in [3.63, 3.8) is 0 Å². The number of hydrogen-bond donors (Lipinski definition) is 2. The van der Waals surface area contributed by atoms with Gasteiger partial charge >= 0.3 is 0 Å². The van der Waals surface area contributed by atoms with Crippen molar-refractivity contribution >= 4 is 39.1 Å². The summed E-state index contributed by atoms with van der Waals surface area (Å²) >= 11 is 3.33. The largest absolute Gasteiger partial charge is 0.326 e. The Bertz CT molecular complexity index is 712. The van der Waals surface area contributed by atoms with E-state index in [4.69, 9.17) is 0 Å². The lowest BCUT2D eigenvalue weighted by molar-refractivity contribution is -0.115. The van der Waals surface area contributed by atoms with E-state index in [0.29, 0.717) is 17.0 Å². The molecule has 0 saturated carbocycles. The maximum Gasteiger partial charge on any atom is 0.271 e. The van der Waals surface area contributed by atoms with Crippen molar-refractivity contribution in [2.24, 2.45) is 5.10 Å². The Morgan fingerprint density at radius 3 is 2.35 bits per heavy atom. The zero-order valence-corrected chi connectivity index (χ0v) is 14.1. The van der Waals surface area contributed by atoms with Gasteiger partial charge in [0.05, 0.1) is 6.42 Å². The molecule has 2 aromatic carbocycles. The van der Waals surface area contributed by atoms with Crippen molar-refractivity contribution < 1.29 is 9.59 Å². The van der Waals surface area contributed by atoms with E-state index >= 15 is 0 Å². The second kappa shape index (κ2) is 8.24. The fourth-order valence-electron chi connectivity index (χ4n) is 1.81. The molecule has 0 fully saturated rings. The lowest BCUT2D eigenvalue weighted by Crippen LogP contribution is -2.21. The molecular weight excluding hydrogens is 358 g/mol. The molecule has 2 amide bonds. The Balaban J connectivity index is 1.85. The predicted molar refractivity (Wildman–Crippen MR) is 94.4 cm³/mol. The summed E-state index contributed by atoms with van der Waals surface area (Å²) in [6.07, 6.45) is 0.102. The normalized spacial score (nSPS) is 11.0. The smallest absolute Gasteiger partial charge is 0.271 e. The van der Waals surface area contributed by atoms with E-state index in [1.165, 1.54) is 0 Å². The maximum absolute atomic E-state index is 11.9. The third kappa shape index (κ3) is 5.67. The van der Waals surface area contributed by atoms with Gasteiger partial charge in [0.25, 0.3) is 5.91 Å². The molecule has 118 valence electrons. The first-order valence-electron chi connectivity index (χ1n) is 6.98. The third-order valence-corrected chi connectivity index (χ3v) is 3.46. The number of carbonyl (C=O) groups is 2. The van der Waals surface area contributed by atoms with Crippen LogP contribution in [-0.4, -0.2) is 17.5 Å². The van der Waals surface area contributed by atoms with E-state index in [1.54, 1.807) is 43.3 Å². The van der Waals surface area contributed by atoms with Gasteiger partial charge in [0.15, 0.2) is 0 Å². The van der Waals surface area contributed by atoms with Crippen LogP contribution in [0.4, 0.5) is 5.69 Å². The summed E-state index contributed by atoms with van der Waals surface area (Å²) in [4.78, 5) is 23.7. The van der Waals surface area contributed by atoms with Crippen molar-refractivity contribution in [2.45, 2.75) is 13.3 Å². The Morgan fingerprint density at radius 2 is 1.70 bits per heavy atom. The molecule has 0 radical (unpaired) electrons. The Kier molecular flexibility index (Phi) is 6.05. The first-order valence-corrected chi connectivity index (χ1v) is 7.78. The first-order chi connectivity index (χ1) is 11.0. The molecule has 0 heterocycles. The number of nitrogens with zero attached hydrogens (tertiary/aromatic N) is 1. The molecule has 0 saturated heterocycles. The quantitative estimate of drug-likeness (QED) is 0.620. The van der Waals surface area contributed by atoms with Gasteiger partial charge < -0.3 is 5.32 Å². The van der Waals surface area contributed by atoms with Crippen LogP contribution in [0.15, 0.2) is 64.2 Å². The maximum atomic E-state index is 11.9. The number of hydrogen-bond acceptors (Lipinski definition) is 3. The molecule has 0 atom stereocenters. The van der Waals surface area contributed by atoms with E-state index < -0.39 is 0 Å². The summed E-state index contributed by atoms with van der Waals surface area (Å²) in [6, 6.07) is 16.1. The molecule has 2 aromatic rings. The van der Waals surface area contributed by atoms with Crippen molar-refractivity contribution in [1.29, 1.82) is 0 Å². The van der Waals surface area contributed by atoms with Crippen LogP contribution in [0, 0.1) is 0 Å². The van der Waals surface area contributed by atoms with Gasteiger partial charge in [-0.3, -0.25) is 9.59 Å². The highest BCUT2D eigenvalue weighted by molar-refractivity contribution is 9.10. The van der Waals surface area contributed by atoms with Crippen LogP contribution in [0.3, 0.4) is 0 Å². The highest BCUT2D eigenvalue weighted by Crippen LogP contribution is 2.14. The predicted octanol–water partition coefficient (Wildman–Crippen LogP) is 3.58. The van der Waals surface area contributed by atoms with Crippen LogP contribution in [0.1, 0.15) is 23.7 Å². The molecule has 0 aliphatic carbocycles. The second-order valence-electron chi connectivity index (χ2n) is 4.89. The standard InChI is InChI=1S/C17H16BrN3O2/c1-12(20-21-17(23)13-5-3-2-4-6-13)11-16(22)19-15-9-7-14(18)8-10-15/h2-10H,11H2,1H3,(H,19,22)(H,21,23)/b20-12+. The van der Waals surface area contributed by atoms with Gasteiger partial charge in [-0.2, -0.15) is 5.10 Å². The van der Waals surface area contributed by atoms with E-state index in [0.717, 1.165) is 4.47 Å². The average Bonchev–Trinajstić information content (AvgIpc) is 2.55. The number of halogens is 1. The van der Waals surface area contributed by atoms with Gasteiger partial charge in [0.1, 0.15) is 0 Å². The Morgan fingerprint density at radius 1 is 1.04 bits per heavy atom. The van der Waals surface area contributed by atoms with Gasteiger partial charge in [-0.15, -0.1) is 0 Å². The lowest BCUT2D eigenvalue weighted by atomic mass is 10.2. The number of amides is 2. The van der Waals surface area contributed by atoms with Crippen molar-refractivity contribution in [2.75, 3.05) is 5.32 Å². The summed E-state index contributed by atoms with van der Waals surface area (Å²) in [5.41, 5.74) is 4.18. The van der Waals surface area contributed by atoms with Crippen LogP contribution in [0.25, 0.3) is 0 Å². The number of hydrazone groups is 1. The summed E-state index contributed by atoms with van der Waals surface area (Å²) < 4.78 is 0.942. The van der Waals surface area contributed by atoms with Gasteiger partial charge in [-0.05, 0) is 43.3 Å². The fourth-order valence-corrected chi connectivity index (χ4v) is 2.07. The molecule has 0 spiro atoms. The minimum Gasteiger partial charge on any atom is -0.326 e. The van der Waals surface area contributed by atoms with Crippen LogP contribution >= 0.6 is 15.9 Å². The number of nitrogens with one attached hydrogen (secondary N) is 2. The molecule has 0 aliphatic rings. The summed E-state index contributed by atoms with van der Waals surface area (Å²) in [5, 5.41) is 6.71. The minimum absolute atomic E-state index is 0.102. The fraction of sp³-hybridized carbons (Fsp3) is 0.118. The molecule has 0 bridgehead atoms. The monoisotopic (exact) mass is 373 g/mol. The van der Waals surface area contributed by atoms with Crippen LogP contribution in [0.2, 0.25) is 0 Å². The van der Waals surface area contributed by atoms with E-state index in [9.17, 15) is 9.59 Å². The Labute approximate surface area is 142 Å². The summed E-state index contributed by atoms with van der Waals surface area (Å²) in [7, 11) is 0. The van der Waals surface area contributed by atoms with Gasteiger partial charge in [-0.1, -0.05) is 34.1 Å². The summed E-state index contributed by atoms with van der Waals surface area (Å²) in [6.45, 7) is 1.69. The molecule has 0 unspecified atom stereocenters. The van der Waals surface area contributed by atoms with Crippen molar-refractivity contribution in [3.8, 4) is 0 Å². The number of benzene rings is 2. The van der Waals surface area contributed by atoms with Gasteiger partial charge in [-0.25, -0.2) is 5.43 Å². The zero-order chi connectivity index (χ0) is 16.7. The van der Waals surface area contributed by atoms with Gasteiger partial charge in [0.2, 0.25) is 5.91 Å². The molecule has 5 nitrogen and oxygen atoms in total. The number of rotatable bonds is 5. The highest BCUT2D eigenvalue weighted by Gasteiger charge is 2.06. The zero-order valence-electron chi connectivity index (χ0n) is 12.5.